The Hall–Kier alpha value is -2.74. The highest BCUT2D eigenvalue weighted by Gasteiger charge is 2.34. The molecule has 0 atom stereocenters. The molecule has 29 heavy (non-hydrogen) atoms. The molecular weight excluding hydrogens is 407 g/mol. The summed E-state index contributed by atoms with van der Waals surface area (Å²) >= 11 is 5.56. The van der Waals surface area contributed by atoms with Crippen LogP contribution in [0, 0.1) is 6.92 Å². The first-order chi connectivity index (χ1) is 13.6. The molecule has 2 amide bonds. The number of rotatable bonds is 2. The summed E-state index contributed by atoms with van der Waals surface area (Å²) in [6.07, 6.45) is -4.66. The molecule has 3 rings (SSSR count). The van der Waals surface area contributed by atoms with Crippen molar-refractivity contribution in [2.24, 2.45) is 0 Å². The molecule has 0 bridgehead atoms. The molecule has 1 fully saturated rings. The normalized spacial score (nSPS) is 14.7. The van der Waals surface area contributed by atoms with Gasteiger partial charge >= 0.3 is 18.0 Å². The van der Waals surface area contributed by atoms with Crippen LogP contribution in [0.4, 0.5) is 24.5 Å². The molecule has 154 valence electrons. The van der Waals surface area contributed by atoms with E-state index in [4.69, 9.17) is 11.6 Å². The van der Waals surface area contributed by atoms with Crippen molar-refractivity contribution in [2.45, 2.75) is 13.1 Å². The topological polar surface area (TPSA) is 52.7 Å². The third kappa shape index (κ3) is 5.00. The van der Waals surface area contributed by atoms with Crippen molar-refractivity contribution in [3.8, 4) is 0 Å². The SMILES string of the molecule is Cc1cccc(N2CCN(C(=O)C(=O)Nc3ccc(Cl)c(C(F)(F)F)c3)CC2)c1. The summed E-state index contributed by atoms with van der Waals surface area (Å²) in [5.41, 5.74) is 0.957. The molecule has 1 aliphatic rings. The first-order valence-corrected chi connectivity index (χ1v) is 9.31. The molecule has 0 aliphatic carbocycles. The van der Waals surface area contributed by atoms with Crippen molar-refractivity contribution in [3.05, 3.63) is 58.6 Å². The summed E-state index contributed by atoms with van der Waals surface area (Å²) in [5, 5.41) is 1.75. The highest BCUT2D eigenvalue weighted by Crippen LogP contribution is 2.36. The first-order valence-electron chi connectivity index (χ1n) is 8.94. The maximum absolute atomic E-state index is 12.9. The van der Waals surface area contributed by atoms with Gasteiger partial charge in [0.1, 0.15) is 0 Å². The standard InChI is InChI=1S/C20H19ClF3N3O2/c1-13-3-2-4-15(11-13)26-7-9-27(10-8-26)19(29)18(28)25-14-5-6-17(21)16(12-14)20(22,23)24/h2-6,11-12H,7-10H2,1H3,(H,25,28). The lowest BCUT2D eigenvalue weighted by Crippen LogP contribution is -2.51. The van der Waals surface area contributed by atoms with Gasteiger partial charge in [-0.3, -0.25) is 9.59 Å². The van der Waals surface area contributed by atoms with E-state index >= 15 is 0 Å². The Labute approximate surface area is 171 Å². The molecule has 0 unspecified atom stereocenters. The van der Waals surface area contributed by atoms with Gasteiger partial charge in [-0.1, -0.05) is 23.7 Å². The zero-order valence-corrected chi connectivity index (χ0v) is 16.3. The summed E-state index contributed by atoms with van der Waals surface area (Å²) in [5.74, 6) is -1.76. The van der Waals surface area contributed by atoms with E-state index in [0.29, 0.717) is 32.2 Å². The molecule has 0 spiro atoms. The predicted octanol–water partition coefficient (Wildman–Crippen LogP) is 3.95. The lowest BCUT2D eigenvalue weighted by molar-refractivity contribution is -0.143. The number of piperazine rings is 1. The van der Waals surface area contributed by atoms with Crippen LogP contribution in [0.25, 0.3) is 0 Å². The van der Waals surface area contributed by atoms with E-state index in [-0.39, 0.29) is 5.69 Å². The Bertz CT molecular complexity index is 925. The molecule has 1 aliphatic heterocycles. The van der Waals surface area contributed by atoms with Crippen LogP contribution in [0.3, 0.4) is 0 Å². The summed E-state index contributed by atoms with van der Waals surface area (Å²) in [7, 11) is 0. The smallest absolute Gasteiger partial charge is 0.368 e. The third-order valence-corrected chi connectivity index (χ3v) is 4.99. The van der Waals surface area contributed by atoms with Gasteiger partial charge in [0.25, 0.3) is 0 Å². The lowest BCUT2D eigenvalue weighted by atomic mass is 10.2. The number of nitrogens with zero attached hydrogens (tertiary/aromatic N) is 2. The molecular formula is C20H19ClF3N3O2. The Kier molecular flexibility index (Phi) is 6.02. The van der Waals surface area contributed by atoms with Crippen molar-refractivity contribution >= 4 is 34.8 Å². The molecule has 5 nitrogen and oxygen atoms in total. The molecule has 0 saturated carbocycles. The van der Waals surface area contributed by atoms with E-state index in [2.05, 4.69) is 10.2 Å². The second-order valence-electron chi connectivity index (χ2n) is 6.76. The van der Waals surface area contributed by atoms with E-state index in [0.717, 1.165) is 17.3 Å². The van der Waals surface area contributed by atoms with Gasteiger partial charge in [-0.25, -0.2) is 0 Å². The van der Waals surface area contributed by atoms with Crippen LogP contribution in [0.5, 0.6) is 0 Å². The van der Waals surface area contributed by atoms with Gasteiger partial charge in [0.05, 0.1) is 10.6 Å². The number of carbonyl (C=O) groups is 2. The van der Waals surface area contributed by atoms with E-state index in [1.165, 1.54) is 11.0 Å². The Balaban J connectivity index is 1.61. The Morgan fingerprint density at radius 1 is 1.03 bits per heavy atom. The minimum Gasteiger partial charge on any atom is -0.368 e. The van der Waals surface area contributed by atoms with Crippen molar-refractivity contribution < 1.29 is 22.8 Å². The number of carbonyl (C=O) groups excluding carboxylic acids is 2. The molecule has 9 heteroatoms. The van der Waals surface area contributed by atoms with Crippen LogP contribution in [0.1, 0.15) is 11.1 Å². The quantitative estimate of drug-likeness (QED) is 0.741. The number of benzene rings is 2. The van der Waals surface area contributed by atoms with Gasteiger partial charge in [-0.05, 0) is 42.8 Å². The second kappa shape index (κ2) is 8.32. The fourth-order valence-corrected chi connectivity index (χ4v) is 3.37. The number of aryl methyl sites for hydroxylation is 1. The average molecular weight is 426 g/mol. The highest BCUT2D eigenvalue weighted by molar-refractivity contribution is 6.39. The van der Waals surface area contributed by atoms with E-state index < -0.39 is 28.6 Å². The van der Waals surface area contributed by atoms with Gasteiger partial charge in [-0.15, -0.1) is 0 Å². The summed E-state index contributed by atoms with van der Waals surface area (Å²) < 4.78 is 38.8. The van der Waals surface area contributed by atoms with Crippen LogP contribution >= 0.6 is 11.6 Å². The van der Waals surface area contributed by atoms with Gasteiger partial charge < -0.3 is 15.1 Å². The second-order valence-corrected chi connectivity index (χ2v) is 7.17. The zero-order chi connectivity index (χ0) is 21.2. The molecule has 2 aromatic rings. The minimum absolute atomic E-state index is 0.140. The maximum atomic E-state index is 12.9. The van der Waals surface area contributed by atoms with Crippen molar-refractivity contribution in [3.63, 3.8) is 0 Å². The summed E-state index contributed by atoms with van der Waals surface area (Å²) in [4.78, 5) is 28.1. The third-order valence-electron chi connectivity index (χ3n) is 4.66. The van der Waals surface area contributed by atoms with E-state index in [1.807, 2.05) is 31.2 Å². The summed E-state index contributed by atoms with van der Waals surface area (Å²) in [6, 6.07) is 10.9. The van der Waals surface area contributed by atoms with Gasteiger partial charge in [0.2, 0.25) is 0 Å². The van der Waals surface area contributed by atoms with Crippen molar-refractivity contribution in [1.82, 2.24) is 4.90 Å². The number of alkyl halides is 3. The molecule has 1 saturated heterocycles. The van der Waals surface area contributed by atoms with E-state index in [1.54, 1.807) is 0 Å². The molecule has 0 aromatic heterocycles. The Morgan fingerprint density at radius 2 is 1.72 bits per heavy atom. The fraction of sp³-hybridized carbons (Fsp3) is 0.300. The van der Waals surface area contributed by atoms with Crippen LogP contribution in [0.2, 0.25) is 5.02 Å². The molecule has 2 aromatic carbocycles. The Morgan fingerprint density at radius 3 is 2.34 bits per heavy atom. The highest BCUT2D eigenvalue weighted by atomic mass is 35.5. The maximum Gasteiger partial charge on any atom is 0.417 e. The van der Waals surface area contributed by atoms with Gasteiger partial charge in [0, 0.05) is 37.6 Å². The minimum atomic E-state index is -4.66. The lowest BCUT2D eigenvalue weighted by Gasteiger charge is -2.35. The summed E-state index contributed by atoms with van der Waals surface area (Å²) in [6.45, 7) is 3.79. The number of anilines is 2. The zero-order valence-electron chi connectivity index (χ0n) is 15.6. The fourth-order valence-electron chi connectivity index (χ4n) is 3.14. The van der Waals surface area contributed by atoms with Crippen LogP contribution in [-0.4, -0.2) is 42.9 Å². The monoisotopic (exact) mass is 425 g/mol. The predicted molar refractivity (Wildman–Crippen MR) is 105 cm³/mol. The number of amides is 2. The van der Waals surface area contributed by atoms with Gasteiger partial charge in [-0.2, -0.15) is 13.2 Å². The largest absolute Gasteiger partial charge is 0.417 e. The molecule has 1 N–H and O–H groups in total. The van der Waals surface area contributed by atoms with Crippen LogP contribution in [-0.2, 0) is 15.8 Å². The number of hydrogen-bond donors (Lipinski definition) is 1. The van der Waals surface area contributed by atoms with Crippen LogP contribution in [0.15, 0.2) is 42.5 Å². The number of nitrogens with one attached hydrogen (secondary N) is 1. The molecule has 0 radical (unpaired) electrons. The van der Waals surface area contributed by atoms with Gasteiger partial charge in [0.15, 0.2) is 0 Å². The van der Waals surface area contributed by atoms with E-state index in [9.17, 15) is 22.8 Å². The average Bonchev–Trinajstić information content (AvgIpc) is 2.68. The molecule has 1 heterocycles. The van der Waals surface area contributed by atoms with Crippen LogP contribution < -0.4 is 10.2 Å². The number of halogens is 4. The van der Waals surface area contributed by atoms with Crippen molar-refractivity contribution in [2.75, 3.05) is 36.4 Å². The first kappa shape index (κ1) is 21.0. The number of hydrogen-bond acceptors (Lipinski definition) is 3. The van der Waals surface area contributed by atoms with Crippen molar-refractivity contribution in [1.29, 1.82) is 0 Å².